The van der Waals surface area contributed by atoms with Gasteiger partial charge in [0.05, 0.1) is 10.0 Å². The van der Waals surface area contributed by atoms with E-state index in [0.29, 0.717) is 23.7 Å². The number of nitrogens with zero attached hydrogens (tertiary/aromatic N) is 2. The summed E-state index contributed by atoms with van der Waals surface area (Å²) in [5, 5.41) is 2.89. The zero-order valence-corrected chi connectivity index (χ0v) is 12.1. The topological polar surface area (TPSA) is 75.9 Å². The van der Waals surface area contributed by atoms with Gasteiger partial charge in [-0.15, -0.1) is 0 Å². The number of benzene rings is 1. The van der Waals surface area contributed by atoms with Crippen molar-refractivity contribution >= 4 is 40.5 Å². The van der Waals surface area contributed by atoms with Crippen LogP contribution in [0.4, 0.5) is 21.7 Å². The van der Waals surface area contributed by atoms with Gasteiger partial charge in [-0.2, -0.15) is 0 Å². The number of halogens is 3. The molecule has 8 heteroatoms. The molecular formula is C12H12Cl2FN5. The molecule has 0 aliphatic rings. The van der Waals surface area contributed by atoms with Crippen molar-refractivity contribution < 1.29 is 4.39 Å². The molecule has 0 bridgehead atoms. The summed E-state index contributed by atoms with van der Waals surface area (Å²) in [5.74, 6) is 5.81. The van der Waals surface area contributed by atoms with Gasteiger partial charge in [0.25, 0.3) is 0 Å². The van der Waals surface area contributed by atoms with Crippen molar-refractivity contribution in [2.24, 2.45) is 5.84 Å². The molecule has 0 aliphatic heterocycles. The van der Waals surface area contributed by atoms with Gasteiger partial charge >= 0.3 is 0 Å². The maximum atomic E-state index is 13.4. The van der Waals surface area contributed by atoms with E-state index >= 15 is 0 Å². The normalized spacial score (nSPS) is 10.4. The quantitative estimate of drug-likeness (QED) is 0.457. The Balaban J connectivity index is 2.40. The van der Waals surface area contributed by atoms with E-state index < -0.39 is 5.82 Å². The first-order chi connectivity index (χ1) is 9.56. The van der Waals surface area contributed by atoms with Crippen molar-refractivity contribution in [3.8, 4) is 0 Å². The maximum absolute atomic E-state index is 13.4. The summed E-state index contributed by atoms with van der Waals surface area (Å²) in [5.41, 5.74) is 3.82. The van der Waals surface area contributed by atoms with Crippen LogP contribution in [-0.2, 0) is 6.42 Å². The molecule has 0 saturated heterocycles. The number of hydrazine groups is 1. The molecule has 0 amide bonds. The third-order valence-electron chi connectivity index (χ3n) is 2.68. The van der Waals surface area contributed by atoms with E-state index in [2.05, 4.69) is 20.7 Å². The second-order valence-corrected chi connectivity index (χ2v) is 4.74. The van der Waals surface area contributed by atoms with E-state index in [1.54, 1.807) is 0 Å². The van der Waals surface area contributed by atoms with Crippen LogP contribution in [0.1, 0.15) is 12.5 Å². The molecule has 5 nitrogen and oxygen atoms in total. The van der Waals surface area contributed by atoms with Crippen molar-refractivity contribution in [2.45, 2.75) is 13.3 Å². The summed E-state index contributed by atoms with van der Waals surface area (Å²) in [6.07, 6.45) is 2.02. The van der Waals surface area contributed by atoms with E-state index in [-0.39, 0.29) is 10.0 Å². The van der Waals surface area contributed by atoms with E-state index in [1.165, 1.54) is 18.5 Å². The van der Waals surface area contributed by atoms with Gasteiger partial charge in [0.2, 0.25) is 0 Å². The molecule has 1 aromatic heterocycles. The lowest BCUT2D eigenvalue weighted by Gasteiger charge is -2.13. The highest BCUT2D eigenvalue weighted by Gasteiger charge is 2.12. The third-order valence-corrected chi connectivity index (χ3v) is 3.23. The molecule has 106 valence electrons. The Hall–Kier alpha value is -1.63. The molecule has 4 N–H and O–H groups in total. The number of anilines is 3. The minimum atomic E-state index is -0.651. The fraction of sp³-hybridized carbons (Fsp3) is 0.167. The van der Waals surface area contributed by atoms with Crippen LogP contribution in [-0.4, -0.2) is 9.97 Å². The largest absolute Gasteiger partial charge is 0.340 e. The average Bonchev–Trinajstić information content (AvgIpc) is 2.44. The molecule has 0 aliphatic carbocycles. The van der Waals surface area contributed by atoms with Crippen LogP contribution < -0.4 is 16.6 Å². The molecule has 1 heterocycles. The monoisotopic (exact) mass is 315 g/mol. The van der Waals surface area contributed by atoms with Gasteiger partial charge < -0.3 is 10.7 Å². The Morgan fingerprint density at radius 1 is 1.20 bits per heavy atom. The molecule has 20 heavy (non-hydrogen) atoms. The van der Waals surface area contributed by atoms with Gasteiger partial charge in [-0.3, -0.25) is 0 Å². The van der Waals surface area contributed by atoms with Gasteiger partial charge in [0.1, 0.15) is 18.0 Å². The lowest BCUT2D eigenvalue weighted by Crippen LogP contribution is -2.13. The molecule has 0 unspecified atom stereocenters. The van der Waals surface area contributed by atoms with Gasteiger partial charge in [0, 0.05) is 11.3 Å². The predicted molar refractivity (Wildman–Crippen MR) is 78.9 cm³/mol. The van der Waals surface area contributed by atoms with Crippen LogP contribution in [0.2, 0.25) is 10.0 Å². The minimum absolute atomic E-state index is 0.0655. The van der Waals surface area contributed by atoms with Crippen LogP contribution in [0.5, 0.6) is 0 Å². The van der Waals surface area contributed by atoms with Gasteiger partial charge in [-0.05, 0) is 18.6 Å². The predicted octanol–water partition coefficient (Wildman–Crippen LogP) is 3.51. The summed E-state index contributed by atoms with van der Waals surface area (Å²) < 4.78 is 13.4. The highest BCUT2D eigenvalue weighted by atomic mass is 35.5. The minimum Gasteiger partial charge on any atom is -0.340 e. The molecule has 0 radical (unpaired) electrons. The smallest absolute Gasteiger partial charge is 0.160 e. The van der Waals surface area contributed by atoms with Crippen LogP contribution in [0.3, 0.4) is 0 Å². The van der Waals surface area contributed by atoms with Crippen LogP contribution in [0.15, 0.2) is 18.5 Å². The molecule has 2 aromatic rings. The molecule has 0 fully saturated rings. The first-order valence-electron chi connectivity index (χ1n) is 5.78. The fourth-order valence-corrected chi connectivity index (χ4v) is 2.23. The molecular weight excluding hydrogens is 304 g/mol. The molecule has 0 atom stereocenters. The number of aromatic nitrogens is 2. The molecule has 1 aromatic carbocycles. The zero-order valence-electron chi connectivity index (χ0n) is 10.5. The molecule has 0 saturated carbocycles. The molecule has 0 spiro atoms. The van der Waals surface area contributed by atoms with Crippen LogP contribution in [0.25, 0.3) is 0 Å². The van der Waals surface area contributed by atoms with Gasteiger partial charge in [-0.1, -0.05) is 30.1 Å². The number of nitrogen functional groups attached to an aromatic ring is 1. The number of hydrogen-bond acceptors (Lipinski definition) is 5. The van der Waals surface area contributed by atoms with E-state index in [0.717, 1.165) is 5.56 Å². The van der Waals surface area contributed by atoms with Crippen molar-refractivity contribution in [1.29, 1.82) is 0 Å². The summed E-state index contributed by atoms with van der Waals surface area (Å²) >= 11 is 11.5. The SMILES string of the molecule is CCc1c(NN)ncnc1Nc1cc(Cl)c(F)c(Cl)c1. The summed E-state index contributed by atoms with van der Waals surface area (Å²) in [6.45, 7) is 1.94. The molecule has 2 rings (SSSR count). The second-order valence-electron chi connectivity index (χ2n) is 3.93. The highest BCUT2D eigenvalue weighted by molar-refractivity contribution is 6.35. The first kappa shape index (κ1) is 14.8. The number of nitrogens with two attached hydrogens (primary N) is 1. The zero-order chi connectivity index (χ0) is 14.7. The van der Waals surface area contributed by atoms with Crippen LogP contribution in [0, 0.1) is 5.82 Å². The lowest BCUT2D eigenvalue weighted by molar-refractivity contribution is 0.629. The summed E-state index contributed by atoms with van der Waals surface area (Å²) in [7, 11) is 0. The van der Waals surface area contributed by atoms with Crippen LogP contribution >= 0.6 is 23.2 Å². The lowest BCUT2D eigenvalue weighted by atomic mass is 10.2. The Labute approximate surface area is 125 Å². The summed E-state index contributed by atoms with van der Waals surface area (Å²) in [6, 6.07) is 2.86. The van der Waals surface area contributed by atoms with Crippen molar-refractivity contribution in [3.63, 3.8) is 0 Å². The van der Waals surface area contributed by atoms with E-state index in [4.69, 9.17) is 29.0 Å². The Morgan fingerprint density at radius 2 is 1.80 bits per heavy atom. The number of hydrogen-bond donors (Lipinski definition) is 3. The van der Waals surface area contributed by atoms with Gasteiger partial charge in [0.15, 0.2) is 5.82 Å². The van der Waals surface area contributed by atoms with Crippen molar-refractivity contribution in [1.82, 2.24) is 9.97 Å². The van der Waals surface area contributed by atoms with Crippen molar-refractivity contribution in [3.05, 3.63) is 39.9 Å². The maximum Gasteiger partial charge on any atom is 0.160 e. The van der Waals surface area contributed by atoms with E-state index in [1.807, 2.05) is 6.92 Å². The fourth-order valence-electron chi connectivity index (χ4n) is 1.74. The second kappa shape index (κ2) is 6.21. The Bertz CT molecular complexity index is 612. The average molecular weight is 316 g/mol. The third kappa shape index (κ3) is 2.92. The Kier molecular flexibility index (Phi) is 4.59. The Morgan fingerprint density at radius 3 is 2.35 bits per heavy atom. The van der Waals surface area contributed by atoms with E-state index in [9.17, 15) is 4.39 Å². The first-order valence-corrected chi connectivity index (χ1v) is 6.54. The highest BCUT2D eigenvalue weighted by Crippen LogP contribution is 2.30. The number of rotatable bonds is 4. The van der Waals surface area contributed by atoms with Crippen molar-refractivity contribution in [2.75, 3.05) is 10.7 Å². The number of nitrogens with one attached hydrogen (secondary N) is 2. The van der Waals surface area contributed by atoms with Gasteiger partial charge in [-0.25, -0.2) is 20.2 Å². The standard InChI is InChI=1S/C12H12Cl2FN5/c1-2-7-11(17-5-18-12(7)20-16)19-6-3-8(13)10(15)9(14)4-6/h3-5H,2,16H2,1H3,(H2,17,18,19,20). The summed E-state index contributed by atoms with van der Waals surface area (Å²) in [4.78, 5) is 8.16.